The molecule has 98 valence electrons. The quantitative estimate of drug-likeness (QED) is 0.785. The average Bonchev–Trinajstić information content (AvgIpc) is 3.16. The van der Waals surface area contributed by atoms with Gasteiger partial charge in [-0.1, -0.05) is 0 Å². The first-order chi connectivity index (χ1) is 8.61. The van der Waals surface area contributed by atoms with Gasteiger partial charge >= 0.3 is 0 Å². The number of ketones is 1. The topological polar surface area (TPSA) is 38.3 Å². The van der Waals surface area contributed by atoms with Crippen molar-refractivity contribution in [3.05, 3.63) is 28.8 Å². The van der Waals surface area contributed by atoms with Gasteiger partial charge in [0, 0.05) is 19.0 Å². The Labute approximate surface area is 109 Å². The Morgan fingerprint density at radius 1 is 1.33 bits per heavy atom. The molecule has 0 amide bonds. The van der Waals surface area contributed by atoms with Gasteiger partial charge in [-0.05, 0) is 49.9 Å². The molecule has 0 unspecified atom stereocenters. The summed E-state index contributed by atoms with van der Waals surface area (Å²) in [7, 11) is 1.61. The molecule has 1 saturated carbocycles. The van der Waals surface area contributed by atoms with Gasteiger partial charge in [-0.25, -0.2) is 0 Å². The Balaban J connectivity index is 2.04. The monoisotopic (exact) mass is 247 g/mol. The first-order valence-corrected chi connectivity index (χ1v) is 6.53. The summed E-state index contributed by atoms with van der Waals surface area (Å²) < 4.78 is 5.30. The fourth-order valence-electron chi connectivity index (χ4n) is 1.99. The molecule has 0 bridgehead atoms. The van der Waals surface area contributed by atoms with Gasteiger partial charge in [0.2, 0.25) is 0 Å². The van der Waals surface area contributed by atoms with E-state index in [1.165, 1.54) is 12.8 Å². The third-order valence-electron chi connectivity index (χ3n) is 3.48. The maximum absolute atomic E-state index is 12.2. The van der Waals surface area contributed by atoms with Crippen LogP contribution in [0.4, 0.5) is 0 Å². The number of methoxy groups -OCH3 is 1. The summed E-state index contributed by atoms with van der Waals surface area (Å²) in [5, 5.41) is 3.36. The van der Waals surface area contributed by atoms with E-state index in [9.17, 15) is 4.79 Å². The molecule has 1 aromatic rings. The van der Waals surface area contributed by atoms with Crippen LogP contribution in [0.15, 0.2) is 12.1 Å². The lowest BCUT2D eigenvalue weighted by atomic mass is 10.0. The number of benzene rings is 1. The molecule has 1 fully saturated rings. The number of carbonyl (C=O) groups excluding carboxylic acids is 1. The summed E-state index contributed by atoms with van der Waals surface area (Å²) in [6.45, 7) is 4.81. The van der Waals surface area contributed by atoms with Crippen molar-refractivity contribution in [1.82, 2.24) is 5.32 Å². The van der Waals surface area contributed by atoms with Crippen LogP contribution in [-0.2, 0) is 0 Å². The lowest BCUT2D eigenvalue weighted by Crippen LogP contribution is -2.20. The van der Waals surface area contributed by atoms with Crippen molar-refractivity contribution in [2.75, 3.05) is 13.7 Å². The van der Waals surface area contributed by atoms with Gasteiger partial charge in [0.1, 0.15) is 5.75 Å². The van der Waals surface area contributed by atoms with Crippen molar-refractivity contribution in [1.29, 1.82) is 0 Å². The van der Waals surface area contributed by atoms with Gasteiger partial charge in [-0.3, -0.25) is 4.79 Å². The van der Waals surface area contributed by atoms with Crippen molar-refractivity contribution in [3.8, 4) is 5.75 Å². The predicted octanol–water partition coefficient (Wildman–Crippen LogP) is 2.64. The van der Waals surface area contributed by atoms with Gasteiger partial charge in [-0.15, -0.1) is 0 Å². The largest absolute Gasteiger partial charge is 0.496 e. The van der Waals surface area contributed by atoms with Crippen molar-refractivity contribution in [3.63, 3.8) is 0 Å². The molecule has 1 aromatic carbocycles. The van der Waals surface area contributed by atoms with Crippen LogP contribution >= 0.6 is 0 Å². The molecule has 1 N–H and O–H groups in total. The van der Waals surface area contributed by atoms with Crippen LogP contribution in [-0.4, -0.2) is 25.5 Å². The molecule has 2 rings (SSSR count). The number of nitrogens with one attached hydrogen (secondary N) is 1. The zero-order chi connectivity index (χ0) is 13.1. The number of ether oxygens (including phenoxy) is 1. The van der Waals surface area contributed by atoms with Crippen LogP contribution in [0.1, 0.15) is 40.7 Å². The van der Waals surface area contributed by atoms with E-state index in [4.69, 9.17) is 4.74 Å². The summed E-state index contributed by atoms with van der Waals surface area (Å²) in [5.74, 6) is 0.845. The highest BCUT2D eigenvalue weighted by atomic mass is 16.5. The molecule has 0 radical (unpaired) electrons. The number of hydrogen-bond donors (Lipinski definition) is 1. The highest BCUT2D eigenvalue weighted by Gasteiger charge is 2.21. The van der Waals surface area contributed by atoms with Gasteiger partial charge < -0.3 is 10.1 Å². The molecule has 0 spiro atoms. The number of aryl methyl sites for hydroxylation is 2. The van der Waals surface area contributed by atoms with Crippen LogP contribution in [0.2, 0.25) is 0 Å². The third kappa shape index (κ3) is 3.10. The fourth-order valence-corrected chi connectivity index (χ4v) is 1.99. The molecule has 0 atom stereocenters. The van der Waals surface area contributed by atoms with Crippen molar-refractivity contribution in [2.24, 2.45) is 0 Å². The van der Waals surface area contributed by atoms with Crippen molar-refractivity contribution in [2.45, 2.75) is 39.2 Å². The normalized spacial score (nSPS) is 14.6. The van der Waals surface area contributed by atoms with Crippen molar-refractivity contribution >= 4 is 5.78 Å². The maximum atomic E-state index is 12.2. The second-order valence-corrected chi connectivity index (χ2v) is 5.04. The highest BCUT2D eigenvalue weighted by molar-refractivity contribution is 5.99. The van der Waals surface area contributed by atoms with E-state index in [-0.39, 0.29) is 5.78 Å². The van der Waals surface area contributed by atoms with Gasteiger partial charge in [0.15, 0.2) is 5.78 Å². The van der Waals surface area contributed by atoms with E-state index in [2.05, 4.69) is 5.32 Å². The summed E-state index contributed by atoms with van der Waals surface area (Å²) >= 11 is 0. The predicted molar refractivity (Wildman–Crippen MR) is 72.4 cm³/mol. The summed E-state index contributed by atoms with van der Waals surface area (Å²) in [5.41, 5.74) is 2.99. The van der Waals surface area contributed by atoms with E-state index in [0.717, 1.165) is 17.7 Å². The number of rotatable bonds is 6. The lowest BCUT2D eigenvalue weighted by molar-refractivity contribution is 0.0979. The first kappa shape index (κ1) is 13.1. The minimum Gasteiger partial charge on any atom is -0.496 e. The maximum Gasteiger partial charge on any atom is 0.167 e. The molecule has 0 heterocycles. The number of hydrogen-bond acceptors (Lipinski definition) is 3. The molecular formula is C15H21NO2. The summed E-state index contributed by atoms with van der Waals surface area (Å²) in [4.78, 5) is 12.2. The number of Topliss-reactive ketones (excluding diaryl/α,β-unsaturated/α-hetero) is 1. The number of carbonyl (C=O) groups is 1. The first-order valence-electron chi connectivity index (χ1n) is 6.53. The van der Waals surface area contributed by atoms with E-state index >= 15 is 0 Å². The van der Waals surface area contributed by atoms with Crippen LogP contribution in [0.5, 0.6) is 5.75 Å². The van der Waals surface area contributed by atoms with E-state index in [0.29, 0.717) is 23.8 Å². The van der Waals surface area contributed by atoms with Crippen LogP contribution in [0.25, 0.3) is 0 Å². The minimum atomic E-state index is 0.156. The molecule has 18 heavy (non-hydrogen) atoms. The lowest BCUT2D eigenvalue weighted by Gasteiger charge is -2.11. The second kappa shape index (κ2) is 5.53. The standard InChI is InChI=1S/C15H21NO2/c1-10-8-13(15(18-3)9-11(10)2)14(17)6-7-16-12-4-5-12/h8-9,12,16H,4-7H2,1-3H3. The van der Waals surface area contributed by atoms with Gasteiger partial charge in [-0.2, -0.15) is 0 Å². The van der Waals surface area contributed by atoms with E-state index < -0.39 is 0 Å². The zero-order valence-electron chi connectivity index (χ0n) is 11.4. The molecule has 1 aliphatic rings. The van der Waals surface area contributed by atoms with Gasteiger partial charge in [0.05, 0.1) is 12.7 Å². The Bertz CT molecular complexity index is 450. The van der Waals surface area contributed by atoms with Crippen LogP contribution in [0.3, 0.4) is 0 Å². The third-order valence-corrected chi connectivity index (χ3v) is 3.48. The summed E-state index contributed by atoms with van der Waals surface area (Å²) in [6.07, 6.45) is 3.04. The Hall–Kier alpha value is -1.35. The molecule has 0 aromatic heterocycles. The molecule has 3 heteroatoms. The second-order valence-electron chi connectivity index (χ2n) is 5.04. The molecule has 1 aliphatic carbocycles. The smallest absolute Gasteiger partial charge is 0.167 e. The molecule has 0 saturated heterocycles. The molecule has 0 aliphatic heterocycles. The van der Waals surface area contributed by atoms with E-state index in [1.807, 2.05) is 26.0 Å². The fraction of sp³-hybridized carbons (Fsp3) is 0.533. The van der Waals surface area contributed by atoms with Gasteiger partial charge in [0.25, 0.3) is 0 Å². The molecular weight excluding hydrogens is 226 g/mol. The Morgan fingerprint density at radius 3 is 2.61 bits per heavy atom. The Kier molecular flexibility index (Phi) is 4.02. The average molecular weight is 247 g/mol. The SMILES string of the molecule is COc1cc(C)c(C)cc1C(=O)CCNC1CC1. The van der Waals surface area contributed by atoms with Crippen LogP contribution in [0, 0.1) is 13.8 Å². The van der Waals surface area contributed by atoms with Crippen LogP contribution < -0.4 is 10.1 Å². The minimum absolute atomic E-state index is 0.156. The highest BCUT2D eigenvalue weighted by Crippen LogP contribution is 2.24. The summed E-state index contributed by atoms with van der Waals surface area (Å²) in [6, 6.07) is 4.53. The zero-order valence-corrected chi connectivity index (χ0v) is 11.4. The Morgan fingerprint density at radius 2 is 2.00 bits per heavy atom. The molecule has 3 nitrogen and oxygen atoms in total. The van der Waals surface area contributed by atoms with E-state index in [1.54, 1.807) is 7.11 Å². The van der Waals surface area contributed by atoms with Crippen molar-refractivity contribution < 1.29 is 9.53 Å².